The quantitative estimate of drug-likeness (QED) is 0.547. The van der Waals surface area contributed by atoms with Gasteiger partial charge in [-0.1, -0.05) is 0 Å². The number of nitrogens with zero attached hydrogens (tertiary/aromatic N) is 3. The van der Waals surface area contributed by atoms with Crippen molar-refractivity contribution in [3.8, 4) is 0 Å². The van der Waals surface area contributed by atoms with Crippen molar-refractivity contribution in [1.82, 2.24) is 15.1 Å². The maximum absolute atomic E-state index is 11.4. The maximum atomic E-state index is 11.4. The maximum Gasteiger partial charge on any atom is 0.252 e. The van der Waals surface area contributed by atoms with Gasteiger partial charge in [0.05, 0.1) is 17.5 Å². The first-order valence-electron chi connectivity index (χ1n) is 7.19. The van der Waals surface area contributed by atoms with E-state index in [-0.39, 0.29) is 5.54 Å². The van der Waals surface area contributed by atoms with Gasteiger partial charge >= 0.3 is 0 Å². The Hall–Kier alpha value is -2.05. The van der Waals surface area contributed by atoms with E-state index in [9.17, 15) is 4.79 Å². The highest BCUT2D eigenvalue weighted by molar-refractivity contribution is 5.93. The van der Waals surface area contributed by atoms with Gasteiger partial charge in [-0.3, -0.25) is 14.5 Å². The summed E-state index contributed by atoms with van der Waals surface area (Å²) in [5, 5.41) is 7.34. The molecular weight excluding hydrogens is 268 g/mol. The third-order valence-corrected chi connectivity index (χ3v) is 3.47. The molecular formula is C14H24N6O. The molecule has 5 N–H and O–H groups in total. The molecule has 21 heavy (non-hydrogen) atoms. The average Bonchev–Trinajstić information content (AvgIpc) is 2.77. The summed E-state index contributed by atoms with van der Waals surface area (Å²) >= 11 is 0. The van der Waals surface area contributed by atoms with Crippen molar-refractivity contribution in [2.45, 2.75) is 45.7 Å². The Morgan fingerprint density at radius 3 is 2.86 bits per heavy atom. The summed E-state index contributed by atoms with van der Waals surface area (Å²) in [6, 6.07) is 0. The second kappa shape index (κ2) is 5.75. The minimum Gasteiger partial charge on any atom is -0.370 e. The van der Waals surface area contributed by atoms with E-state index in [0.717, 1.165) is 25.1 Å². The zero-order valence-electron chi connectivity index (χ0n) is 12.9. The van der Waals surface area contributed by atoms with Gasteiger partial charge in [0.1, 0.15) is 0 Å². The van der Waals surface area contributed by atoms with Gasteiger partial charge in [0.2, 0.25) is 0 Å². The highest BCUT2D eigenvalue weighted by Crippen LogP contribution is 2.23. The summed E-state index contributed by atoms with van der Waals surface area (Å²) in [6.07, 6.45) is 3.28. The predicted molar refractivity (Wildman–Crippen MR) is 81.9 cm³/mol. The molecule has 0 saturated carbocycles. The summed E-state index contributed by atoms with van der Waals surface area (Å²) in [7, 11) is 0. The smallest absolute Gasteiger partial charge is 0.252 e. The Morgan fingerprint density at radius 2 is 2.24 bits per heavy atom. The van der Waals surface area contributed by atoms with Crippen LogP contribution < -0.4 is 16.8 Å². The fourth-order valence-electron chi connectivity index (χ4n) is 2.51. The molecule has 7 heteroatoms. The number of aliphatic imine (C=N–C) groups is 1. The first kappa shape index (κ1) is 15.3. The van der Waals surface area contributed by atoms with Crippen molar-refractivity contribution in [2.75, 3.05) is 6.54 Å². The molecule has 1 aliphatic rings. The molecule has 2 heterocycles. The molecule has 1 unspecified atom stereocenters. The second-order valence-electron chi connectivity index (χ2n) is 6.55. The molecule has 0 spiro atoms. The molecule has 0 aliphatic carbocycles. The van der Waals surface area contributed by atoms with E-state index < -0.39 is 5.91 Å². The van der Waals surface area contributed by atoms with Gasteiger partial charge in [-0.25, -0.2) is 0 Å². The van der Waals surface area contributed by atoms with Crippen LogP contribution in [0.1, 0.15) is 43.2 Å². The lowest BCUT2D eigenvalue weighted by Crippen LogP contribution is -2.45. The summed E-state index contributed by atoms with van der Waals surface area (Å²) in [5.74, 6) is 0.388. The topological polar surface area (TPSA) is 111 Å². The number of hydrogen-bond donors (Lipinski definition) is 3. The van der Waals surface area contributed by atoms with Crippen LogP contribution >= 0.6 is 0 Å². The number of primary amides is 1. The number of guanidine groups is 1. The third kappa shape index (κ3) is 3.96. The van der Waals surface area contributed by atoms with Crippen molar-refractivity contribution in [1.29, 1.82) is 0 Å². The third-order valence-electron chi connectivity index (χ3n) is 3.47. The van der Waals surface area contributed by atoms with Gasteiger partial charge < -0.3 is 16.8 Å². The predicted octanol–water partition coefficient (Wildman–Crippen LogP) is 0.247. The van der Waals surface area contributed by atoms with Gasteiger partial charge in [0, 0.05) is 18.6 Å². The number of aromatic nitrogens is 2. The molecule has 0 bridgehead atoms. The van der Waals surface area contributed by atoms with E-state index in [1.54, 1.807) is 6.20 Å². The fourth-order valence-corrected chi connectivity index (χ4v) is 2.51. The van der Waals surface area contributed by atoms with Crippen LogP contribution in [0.4, 0.5) is 0 Å². The Bertz CT molecular complexity index is 554. The summed E-state index contributed by atoms with van der Waals surface area (Å²) in [5.41, 5.74) is 12.6. The number of hydrogen-bond acceptors (Lipinski definition) is 3. The second-order valence-corrected chi connectivity index (χ2v) is 6.55. The first-order chi connectivity index (χ1) is 9.76. The molecule has 1 atom stereocenters. The van der Waals surface area contributed by atoms with Crippen LogP contribution in [0.5, 0.6) is 0 Å². The van der Waals surface area contributed by atoms with Crippen LogP contribution in [0.15, 0.2) is 11.2 Å². The minimum atomic E-state index is -0.422. The van der Waals surface area contributed by atoms with E-state index in [4.69, 9.17) is 11.5 Å². The van der Waals surface area contributed by atoms with Crippen LogP contribution in [0.2, 0.25) is 0 Å². The zero-order valence-corrected chi connectivity index (χ0v) is 12.9. The number of carbonyl (C=O) groups is 1. The molecule has 1 amide bonds. The van der Waals surface area contributed by atoms with Crippen molar-refractivity contribution in [3.63, 3.8) is 0 Å². The molecule has 0 saturated heterocycles. The van der Waals surface area contributed by atoms with Gasteiger partial charge in [0.25, 0.3) is 5.91 Å². The summed E-state index contributed by atoms with van der Waals surface area (Å²) in [4.78, 5) is 15.8. The Kier molecular flexibility index (Phi) is 4.20. The first-order valence-corrected chi connectivity index (χ1v) is 7.19. The minimum absolute atomic E-state index is 0.0993. The Balaban J connectivity index is 2.00. The molecule has 7 nitrogen and oxygen atoms in total. The van der Waals surface area contributed by atoms with Gasteiger partial charge in [0.15, 0.2) is 5.96 Å². The number of amides is 1. The van der Waals surface area contributed by atoms with E-state index in [2.05, 4.69) is 15.4 Å². The van der Waals surface area contributed by atoms with Gasteiger partial charge in [-0.2, -0.15) is 5.10 Å². The summed E-state index contributed by atoms with van der Waals surface area (Å²) in [6.45, 7) is 7.53. The molecule has 0 fully saturated rings. The normalized spacial score (nSPS) is 19.2. The van der Waals surface area contributed by atoms with Crippen LogP contribution in [0, 0.1) is 5.92 Å². The van der Waals surface area contributed by atoms with Crippen LogP contribution in [0.3, 0.4) is 0 Å². The van der Waals surface area contributed by atoms with Crippen LogP contribution in [-0.2, 0) is 13.0 Å². The highest BCUT2D eigenvalue weighted by atomic mass is 16.1. The fraction of sp³-hybridized carbons (Fsp3) is 0.643. The Morgan fingerprint density at radius 1 is 1.52 bits per heavy atom. The van der Waals surface area contributed by atoms with E-state index in [1.165, 1.54) is 0 Å². The van der Waals surface area contributed by atoms with E-state index >= 15 is 0 Å². The lowest BCUT2D eigenvalue weighted by molar-refractivity contribution is 0.0998. The molecule has 0 aromatic carbocycles. The lowest BCUT2D eigenvalue weighted by Gasteiger charge is -2.24. The molecule has 0 radical (unpaired) electrons. The van der Waals surface area contributed by atoms with Crippen molar-refractivity contribution in [3.05, 3.63) is 17.5 Å². The molecule has 116 valence electrons. The standard InChI is InChI=1S/C14H24N6O/c1-14(2,3)19-13(16)17-7-9-4-5-20-11(6-9)10(8-18-20)12(15)21/h8-9H,4-7H2,1-3H3,(H2,15,21)(H3,16,17,19). The molecule has 1 aliphatic heterocycles. The van der Waals surface area contributed by atoms with Crippen molar-refractivity contribution in [2.24, 2.45) is 22.4 Å². The van der Waals surface area contributed by atoms with Gasteiger partial charge in [-0.05, 0) is 39.5 Å². The number of aryl methyl sites for hydroxylation is 1. The highest BCUT2D eigenvalue weighted by Gasteiger charge is 2.24. The van der Waals surface area contributed by atoms with Gasteiger partial charge in [-0.15, -0.1) is 0 Å². The lowest BCUT2D eigenvalue weighted by atomic mass is 9.94. The molecule has 1 aromatic heterocycles. The summed E-state index contributed by atoms with van der Waals surface area (Å²) < 4.78 is 1.86. The molecule has 2 rings (SSSR count). The molecule has 1 aromatic rings. The average molecular weight is 292 g/mol. The monoisotopic (exact) mass is 292 g/mol. The SMILES string of the molecule is CC(C)(C)NC(N)=NCC1CCn2ncc(C(N)=O)c2C1. The van der Waals surface area contributed by atoms with E-state index in [0.29, 0.717) is 24.0 Å². The Labute approximate surface area is 124 Å². The van der Waals surface area contributed by atoms with Crippen LogP contribution in [0.25, 0.3) is 0 Å². The van der Waals surface area contributed by atoms with Crippen LogP contribution in [-0.4, -0.2) is 33.7 Å². The van der Waals surface area contributed by atoms with Crippen molar-refractivity contribution >= 4 is 11.9 Å². The zero-order chi connectivity index (χ0) is 15.6. The number of carbonyl (C=O) groups excluding carboxylic acids is 1. The number of nitrogens with one attached hydrogen (secondary N) is 1. The van der Waals surface area contributed by atoms with E-state index in [1.807, 2.05) is 25.5 Å². The number of fused-ring (bicyclic) bond motifs is 1. The van der Waals surface area contributed by atoms with Crippen molar-refractivity contribution < 1.29 is 4.79 Å². The largest absolute Gasteiger partial charge is 0.370 e. The number of nitrogens with two attached hydrogens (primary N) is 2. The number of rotatable bonds is 3.